The van der Waals surface area contributed by atoms with Crippen molar-refractivity contribution in [3.8, 4) is 0 Å². The number of rotatable bonds is 9. The van der Waals surface area contributed by atoms with Crippen molar-refractivity contribution in [3.63, 3.8) is 0 Å². The van der Waals surface area contributed by atoms with Crippen molar-refractivity contribution in [2.75, 3.05) is 0 Å². The summed E-state index contributed by atoms with van der Waals surface area (Å²) in [6, 6.07) is 9.03. The quantitative estimate of drug-likeness (QED) is 0.570. The second-order valence-corrected chi connectivity index (χ2v) is 6.44. The molecule has 1 aromatic heterocycles. The summed E-state index contributed by atoms with van der Waals surface area (Å²) in [6.07, 6.45) is 10.3. The Labute approximate surface area is 145 Å². The Morgan fingerprint density at radius 3 is 2.58 bits per heavy atom. The first kappa shape index (κ1) is 18.3. The van der Waals surface area contributed by atoms with Crippen LogP contribution in [0.5, 0.6) is 0 Å². The van der Waals surface area contributed by atoms with E-state index in [4.69, 9.17) is 5.11 Å². The minimum atomic E-state index is -0.882. The first-order valence-electron chi connectivity index (χ1n) is 9.15. The number of carbonyl (C=O) groups is 1. The molecule has 0 bridgehead atoms. The Morgan fingerprint density at radius 1 is 1.17 bits per heavy atom. The van der Waals surface area contributed by atoms with Gasteiger partial charge in [-0.2, -0.15) is 0 Å². The lowest BCUT2D eigenvalue weighted by atomic mass is 10.0. The van der Waals surface area contributed by atoms with Gasteiger partial charge in [-0.25, -0.2) is 4.79 Å². The van der Waals surface area contributed by atoms with Crippen LogP contribution in [0.2, 0.25) is 0 Å². The van der Waals surface area contributed by atoms with Gasteiger partial charge < -0.3 is 9.67 Å². The minimum absolute atomic E-state index is 0.554. The summed E-state index contributed by atoms with van der Waals surface area (Å²) in [5.74, 6) is -0.882. The molecule has 0 aliphatic heterocycles. The lowest BCUT2D eigenvalue weighted by Crippen LogP contribution is -2.07. The first-order valence-corrected chi connectivity index (χ1v) is 9.15. The van der Waals surface area contributed by atoms with Crippen LogP contribution in [0.3, 0.4) is 0 Å². The molecule has 0 saturated carbocycles. The molecule has 130 valence electrons. The second-order valence-electron chi connectivity index (χ2n) is 6.44. The van der Waals surface area contributed by atoms with Crippen LogP contribution in [0, 0.1) is 0 Å². The van der Waals surface area contributed by atoms with Gasteiger partial charge in [-0.05, 0) is 48.6 Å². The van der Waals surface area contributed by atoms with E-state index in [9.17, 15) is 4.79 Å². The smallest absolute Gasteiger partial charge is 0.328 e. The molecule has 24 heavy (non-hydrogen) atoms. The number of hydrogen-bond acceptors (Lipinski definition) is 1. The number of aliphatic carboxylic acids is 1. The molecule has 0 fully saturated rings. The highest BCUT2D eigenvalue weighted by atomic mass is 16.4. The van der Waals surface area contributed by atoms with Crippen LogP contribution in [0.4, 0.5) is 0 Å². The van der Waals surface area contributed by atoms with Gasteiger partial charge in [-0.1, -0.05) is 46.1 Å². The number of carboxylic acids is 1. The van der Waals surface area contributed by atoms with Crippen molar-refractivity contribution in [2.45, 2.75) is 65.3 Å². The van der Waals surface area contributed by atoms with Crippen LogP contribution < -0.4 is 0 Å². The van der Waals surface area contributed by atoms with E-state index >= 15 is 0 Å². The van der Waals surface area contributed by atoms with Gasteiger partial charge in [0.1, 0.15) is 0 Å². The third kappa shape index (κ3) is 4.28. The standard InChI is InChI=1S/C21H29NO2/c1-4-7-9-19(8-5-2)22-13-12-18-14-17(10-11-20(18)22)16(6-3)15-21(23)24/h10-15,19H,4-9H2,1-3H3,(H,23,24). The number of carboxylic acid groups (broad SMARTS) is 1. The SMILES string of the molecule is CCCCC(CCC)n1ccc2cc(C(=CC(=O)O)CC)ccc21. The Bertz CT molecular complexity index is 712. The molecule has 0 aliphatic rings. The molecule has 2 rings (SSSR count). The van der Waals surface area contributed by atoms with Gasteiger partial charge >= 0.3 is 5.97 Å². The van der Waals surface area contributed by atoms with Gasteiger partial charge in [0.05, 0.1) is 0 Å². The minimum Gasteiger partial charge on any atom is -0.478 e. The molecular formula is C21H29NO2. The van der Waals surface area contributed by atoms with Gasteiger partial charge in [0.25, 0.3) is 0 Å². The number of hydrogen-bond donors (Lipinski definition) is 1. The van der Waals surface area contributed by atoms with E-state index in [0.717, 1.165) is 11.1 Å². The van der Waals surface area contributed by atoms with Crippen molar-refractivity contribution >= 4 is 22.4 Å². The number of allylic oxidation sites excluding steroid dienone is 1. The fourth-order valence-electron chi connectivity index (χ4n) is 3.42. The van der Waals surface area contributed by atoms with E-state index in [1.807, 2.05) is 6.92 Å². The fourth-order valence-corrected chi connectivity index (χ4v) is 3.42. The molecule has 1 aromatic carbocycles. The van der Waals surface area contributed by atoms with Gasteiger partial charge in [-0.3, -0.25) is 0 Å². The van der Waals surface area contributed by atoms with Crippen LogP contribution in [0.1, 0.15) is 70.9 Å². The number of unbranched alkanes of at least 4 members (excludes halogenated alkanes) is 1. The van der Waals surface area contributed by atoms with Gasteiger partial charge in [0, 0.05) is 29.2 Å². The summed E-state index contributed by atoms with van der Waals surface area (Å²) < 4.78 is 2.41. The highest BCUT2D eigenvalue weighted by molar-refractivity contribution is 5.92. The summed E-state index contributed by atoms with van der Waals surface area (Å²) in [6.45, 7) is 6.48. The Balaban J connectivity index is 2.38. The lowest BCUT2D eigenvalue weighted by molar-refractivity contribution is -0.131. The summed E-state index contributed by atoms with van der Waals surface area (Å²) in [7, 11) is 0. The van der Waals surface area contributed by atoms with E-state index in [-0.39, 0.29) is 0 Å². The maximum Gasteiger partial charge on any atom is 0.328 e. The number of aromatic nitrogens is 1. The molecule has 0 spiro atoms. The monoisotopic (exact) mass is 327 g/mol. The molecule has 0 aliphatic carbocycles. The van der Waals surface area contributed by atoms with Crippen LogP contribution in [0.25, 0.3) is 16.5 Å². The number of fused-ring (bicyclic) bond motifs is 1. The van der Waals surface area contributed by atoms with E-state index < -0.39 is 5.97 Å². The lowest BCUT2D eigenvalue weighted by Gasteiger charge is -2.19. The topological polar surface area (TPSA) is 42.2 Å². The van der Waals surface area contributed by atoms with Gasteiger partial charge in [-0.15, -0.1) is 0 Å². The Hall–Kier alpha value is -2.03. The summed E-state index contributed by atoms with van der Waals surface area (Å²) >= 11 is 0. The first-order chi connectivity index (χ1) is 11.6. The average molecular weight is 327 g/mol. The predicted molar refractivity (Wildman–Crippen MR) is 101 cm³/mol. The molecule has 2 aromatic rings. The number of benzene rings is 1. The maximum atomic E-state index is 11.0. The maximum absolute atomic E-state index is 11.0. The largest absolute Gasteiger partial charge is 0.478 e. The normalized spacial score (nSPS) is 13.4. The Kier molecular flexibility index (Phi) is 6.65. The van der Waals surface area contributed by atoms with Crippen LogP contribution in [-0.2, 0) is 4.79 Å². The molecule has 0 radical (unpaired) electrons. The highest BCUT2D eigenvalue weighted by Crippen LogP contribution is 2.29. The molecule has 0 saturated heterocycles. The average Bonchev–Trinajstić information content (AvgIpc) is 2.99. The molecule has 1 N–H and O–H groups in total. The second kappa shape index (κ2) is 8.72. The molecule has 1 heterocycles. The van der Waals surface area contributed by atoms with E-state index in [2.05, 4.69) is 48.9 Å². The molecule has 1 unspecified atom stereocenters. The van der Waals surface area contributed by atoms with Gasteiger partial charge in [0.15, 0.2) is 0 Å². The zero-order valence-corrected chi connectivity index (χ0v) is 15.1. The van der Waals surface area contributed by atoms with Crippen molar-refractivity contribution in [2.24, 2.45) is 0 Å². The van der Waals surface area contributed by atoms with Crippen molar-refractivity contribution < 1.29 is 9.90 Å². The third-order valence-corrected chi connectivity index (χ3v) is 4.68. The molecule has 0 amide bonds. The number of nitrogens with zero attached hydrogens (tertiary/aromatic N) is 1. The molecular weight excluding hydrogens is 298 g/mol. The van der Waals surface area contributed by atoms with E-state index in [1.54, 1.807) is 0 Å². The van der Waals surface area contributed by atoms with Crippen molar-refractivity contribution in [1.29, 1.82) is 0 Å². The molecule has 3 heteroatoms. The zero-order chi connectivity index (χ0) is 17.5. The van der Waals surface area contributed by atoms with E-state index in [0.29, 0.717) is 12.5 Å². The highest BCUT2D eigenvalue weighted by Gasteiger charge is 2.13. The van der Waals surface area contributed by atoms with Crippen LogP contribution >= 0.6 is 0 Å². The predicted octanol–water partition coefficient (Wildman–Crippen LogP) is 6.05. The molecule has 3 nitrogen and oxygen atoms in total. The summed E-state index contributed by atoms with van der Waals surface area (Å²) in [5, 5.41) is 10.2. The van der Waals surface area contributed by atoms with E-state index in [1.165, 1.54) is 49.1 Å². The third-order valence-electron chi connectivity index (χ3n) is 4.68. The summed E-state index contributed by atoms with van der Waals surface area (Å²) in [4.78, 5) is 11.0. The van der Waals surface area contributed by atoms with Crippen LogP contribution in [-0.4, -0.2) is 15.6 Å². The fraction of sp³-hybridized carbons (Fsp3) is 0.476. The molecule has 1 atom stereocenters. The zero-order valence-electron chi connectivity index (χ0n) is 15.1. The summed E-state index contributed by atoms with van der Waals surface area (Å²) in [5.41, 5.74) is 3.12. The van der Waals surface area contributed by atoms with Gasteiger partial charge in [0.2, 0.25) is 0 Å². The van der Waals surface area contributed by atoms with Crippen molar-refractivity contribution in [3.05, 3.63) is 42.1 Å². The Morgan fingerprint density at radius 2 is 1.96 bits per heavy atom. The van der Waals surface area contributed by atoms with Crippen molar-refractivity contribution in [1.82, 2.24) is 4.57 Å². The van der Waals surface area contributed by atoms with Crippen LogP contribution in [0.15, 0.2) is 36.5 Å².